The first-order chi connectivity index (χ1) is 8.90. The number of sulfonamides is 1. The molecule has 2 N–H and O–H groups in total. The highest BCUT2D eigenvalue weighted by Crippen LogP contribution is 2.25. The van der Waals surface area contributed by atoms with Crippen molar-refractivity contribution >= 4 is 31.6 Å². The molecule has 2 aromatic rings. The van der Waals surface area contributed by atoms with Crippen LogP contribution in [0.2, 0.25) is 0 Å². The third-order valence-corrected chi connectivity index (χ3v) is 4.30. The largest absolute Gasteiger partial charge is 0.366 e. The van der Waals surface area contributed by atoms with Gasteiger partial charge in [0.15, 0.2) is 4.90 Å². The lowest BCUT2D eigenvalue weighted by molar-refractivity contribution is 0.599. The average Bonchev–Trinajstić information content (AvgIpc) is 2.33. The van der Waals surface area contributed by atoms with Gasteiger partial charge in [-0.15, -0.1) is 0 Å². The molecule has 2 rings (SSSR count). The van der Waals surface area contributed by atoms with Crippen molar-refractivity contribution < 1.29 is 12.8 Å². The zero-order valence-electron chi connectivity index (χ0n) is 9.35. The van der Waals surface area contributed by atoms with Crippen LogP contribution in [-0.4, -0.2) is 13.4 Å². The first kappa shape index (κ1) is 13.8. The second-order valence-electron chi connectivity index (χ2n) is 3.60. The number of aromatic nitrogens is 1. The maximum Gasteiger partial charge on any atom is 0.267 e. The van der Waals surface area contributed by atoms with Crippen molar-refractivity contribution in [1.82, 2.24) is 4.98 Å². The lowest BCUT2D eigenvalue weighted by atomic mass is 10.3. The van der Waals surface area contributed by atoms with E-state index in [1.807, 2.05) is 0 Å². The number of H-pyrrole nitrogens is 1. The van der Waals surface area contributed by atoms with Crippen LogP contribution in [0.15, 0.2) is 50.8 Å². The third-order valence-electron chi connectivity index (χ3n) is 2.25. The molecule has 0 saturated carbocycles. The predicted molar refractivity (Wildman–Crippen MR) is 72.0 cm³/mol. The number of benzene rings is 1. The molecule has 0 bridgehead atoms. The fraction of sp³-hybridized carbons (Fsp3) is 0. The van der Waals surface area contributed by atoms with Crippen LogP contribution in [0.3, 0.4) is 0 Å². The molecule has 0 radical (unpaired) electrons. The quantitative estimate of drug-likeness (QED) is 0.892. The van der Waals surface area contributed by atoms with E-state index in [1.165, 1.54) is 12.3 Å². The molecule has 1 aromatic heterocycles. The maximum atomic E-state index is 12.9. The van der Waals surface area contributed by atoms with Crippen LogP contribution in [0.4, 0.5) is 10.1 Å². The maximum absolute atomic E-state index is 12.9. The van der Waals surface area contributed by atoms with E-state index < -0.39 is 26.2 Å². The molecule has 0 unspecified atom stereocenters. The van der Waals surface area contributed by atoms with E-state index >= 15 is 0 Å². The van der Waals surface area contributed by atoms with Crippen LogP contribution < -0.4 is 10.2 Å². The topological polar surface area (TPSA) is 79.0 Å². The number of hydrogen-bond donors (Lipinski definition) is 2. The molecule has 0 amide bonds. The zero-order valence-corrected chi connectivity index (χ0v) is 11.8. The van der Waals surface area contributed by atoms with Crippen LogP contribution in [0, 0.1) is 5.82 Å². The first-order valence-electron chi connectivity index (χ1n) is 5.05. The van der Waals surface area contributed by atoms with Gasteiger partial charge in [0.05, 0.1) is 5.69 Å². The number of aromatic amines is 1. The van der Waals surface area contributed by atoms with E-state index in [0.29, 0.717) is 0 Å². The summed E-state index contributed by atoms with van der Waals surface area (Å²) in [4.78, 5) is 13.6. The molecule has 0 aliphatic heterocycles. The number of rotatable bonds is 3. The van der Waals surface area contributed by atoms with E-state index in [2.05, 4.69) is 25.6 Å². The van der Waals surface area contributed by atoms with E-state index in [0.717, 1.165) is 24.4 Å². The predicted octanol–water partition coefficient (Wildman–Crippen LogP) is 2.08. The van der Waals surface area contributed by atoms with E-state index in [9.17, 15) is 17.6 Å². The minimum Gasteiger partial charge on any atom is -0.366 e. The van der Waals surface area contributed by atoms with Gasteiger partial charge in [-0.2, -0.15) is 0 Å². The van der Waals surface area contributed by atoms with Gasteiger partial charge in [0, 0.05) is 22.9 Å². The summed E-state index contributed by atoms with van der Waals surface area (Å²) >= 11 is 3.04. The molecule has 19 heavy (non-hydrogen) atoms. The molecule has 5 nitrogen and oxygen atoms in total. The Morgan fingerprint density at radius 2 is 2.00 bits per heavy atom. The molecule has 0 atom stereocenters. The molecule has 1 heterocycles. The monoisotopic (exact) mass is 346 g/mol. The molecular formula is C11H8BrFN2O3S. The summed E-state index contributed by atoms with van der Waals surface area (Å²) < 4.78 is 39.4. The SMILES string of the molecule is O=c1cc[nH]cc1S(=O)(=O)Nc1ccc(F)cc1Br. The molecule has 100 valence electrons. The van der Waals surface area contributed by atoms with Crippen LogP contribution in [0.25, 0.3) is 0 Å². The minimum atomic E-state index is -4.03. The summed E-state index contributed by atoms with van der Waals surface area (Å²) in [5.74, 6) is -0.507. The van der Waals surface area contributed by atoms with Crippen molar-refractivity contribution in [2.75, 3.05) is 4.72 Å². The van der Waals surface area contributed by atoms with Crippen molar-refractivity contribution in [3.63, 3.8) is 0 Å². The number of halogens is 2. The number of hydrogen-bond acceptors (Lipinski definition) is 3. The molecular weight excluding hydrogens is 339 g/mol. The van der Waals surface area contributed by atoms with Gasteiger partial charge >= 0.3 is 0 Å². The average molecular weight is 347 g/mol. The summed E-state index contributed by atoms with van der Waals surface area (Å²) in [5, 5.41) is 0. The standard InChI is InChI=1S/C11H8BrFN2O3S/c12-8-5-7(13)1-2-9(8)15-19(17,18)11-6-14-4-3-10(11)16/h1-6,15H,(H,14,16). The highest BCUT2D eigenvalue weighted by molar-refractivity contribution is 9.10. The molecule has 1 aromatic carbocycles. The summed E-state index contributed by atoms with van der Waals surface area (Å²) in [6.07, 6.45) is 2.41. The second-order valence-corrected chi connectivity index (χ2v) is 6.11. The Bertz CT molecular complexity index is 774. The number of anilines is 1. The van der Waals surface area contributed by atoms with Gasteiger partial charge < -0.3 is 4.98 Å². The molecule has 0 fully saturated rings. The molecule has 8 heteroatoms. The fourth-order valence-corrected chi connectivity index (χ4v) is 3.10. The summed E-state index contributed by atoms with van der Waals surface area (Å²) in [7, 11) is -4.03. The summed E-state index contributed by atoms with van der Waals surface area (Å²) in [5.41, 5.74) is -0.492. The van der Waals surface area contributed by atoms with Gasteiger partial charge in [0.1, 0.15) is 5.82 Å². The van der Waals surface area contributed by atoms with Crippen molar-refractivity contribution in [2.45, 2.75) is 4.90 Å². The Morgan fingerprint density at radius 3 is 2.63 bits per heavy atom. The smallest absolute Gasteiger partial charge is 0.267 e. The van der Waals surface area contributed by atoms with Crippen molar-refractivity contribution in [2.24, 2.45) is 0 Å². The Morgan fingerprint density at radius 1 is 1.26 bits per heavy atom. The summed E-state index contributed by atoms with van der Waals surface area (Å²) in [6.45, 7) is 0. The van der Waals surface area contributed by atoms with Gasteiger partial charge in [0.25, 0.3) is 10.0 Å². The molecule has 0 spiro atoms. The van der Waals surface area contributed by atoms with Crippen LogP contribution in [-0.2, 0) is 10.0 Å². The Balaban J connectivity index is 2.43. The number of pyridine rings is 1. The Labute approximate surface area is 116 Å². The third kappa shape index (κ3) is 3.02. The van der Waals surface area contributed by atoms with E-state index in [-0.39, 0.29) is 10.2 Å². The van der Waals surface area contributed by atoms with Crippen LogP contribution >= 0.6 is 15.9 Å². The highest BCUT2D eigenvalue weighted by atomic mass is 79.9. The lowest BCUT2D eigenvalue weighted by Crippen LogP contribution is -2.21. The Kier molecular flexibility index (Phi) is 3.72. The number of nitrogens with one attached hydrogen (secondary N) is 2. The Hall–Kier alpha value is -1.67. The van der Waals surface area contributed by atoms with Crippen LogP contribution in [0.1, 0.15) is 0 Å². The van der Waals surface area contributed by atoms with E-state index in [1.54, 1.807) is 0 Å². The zero-order chi connectivity index (χ0) is 14.0. The van der Waals surface area contributed by atoms with E-state index in [4.69, 9.17) is 0 Å². The minimum absolute atomic E-state index is 0.143. The fourth-order valence-electron chi connectivity index (χ4n) is 1.38. The summed E-state index contributed by atoms with van der Waals surface area (Å²) in [6, 6.07) is 4.59. The van der Waals surface area contributed by atoms with Crippen molar-refractivity contribution in [3.05, 3.63) is 57.2 Å². The molecule has 0 aliphatic rings. The van der Waals surface area contributed by atoms with Crippen molar-refractivity contribution in [3.8, 4) is 0 Å². The highest BCUT2D eigenvalue weighted by Gasteiger charge is 2.18. The van der Waals surface area contributed by atoms with Gasteiger partial charge in [0.2, 0.25) is 5.43 Å². The second kappa shape index (κ2) is 5.14. The normalized spacial score (nSPS) is 11.3. The van der Waals surface area contributed by atoms with Gasteiger partial charge in [-0.1, -0.05) is 0 Å². The van der Waals surface area contributed by atoms with Crippen molar-refractivity contribution in [1.29, 1.82) is 0 Å². The molecule has 0 saturated heterocycles. The van der Waals surface area contributed by atoms with Gasteiger partial charge in [-0.3, -0.25) is 9.52 Å². The van der Waals surface area contributed by atoms with Gasteiger partial charge in [-0.05, 0) is 34.1 Å². The van der Waals surface area contributed by atoms with Crippen LogP contribution in [0.5, 0.6) is 0 Å². The lowest BCUT2D eigenvalue weighted by Gasteiger charge is -2.09. The molecule has 0 aliphatic carbocycles. The first-order valence-corrected chi connectivity index (χ1v) is 7.33. The van der Waals surface area contributed by atoms with Gasteiger partial charge in [-0.25, -0.2) is 12.8 Å².